The maximum Gasteiger partial charge on any atom is 0.442 e. The molecule has 8 nitrogen and oxygen atoms in total. The fraction of sp³-hybridized carbons (Fsp3) is 0.188. The maximum absolute atomic E-state index is 13.0. The van der Waals surface area contributed by atoms with Crippen LogP contribution in [0.3, 0.4) is 0 Å². The lowest BCUT2D eigenvalue weighted by molar-refractivity contribution is -0.388. The molecule has 0 radical (unpaired) electrons. The number of fused-ring (bicyclic) bond motifs is 1. The molecule has 0 atom stereocenters. The molecule has 28 heavy (non-hydrogen) atoms. The lowest BCUT2D eigenvalue weighted by Crippen LogP contribution is -2.21. The van der Waals surface area contributed by atoms with Crippen LogP contribution in [-0.4, -0.2) is 25.6 Å². The molecule has 1 N–H and O–H groups in total. The first-order valence-electron chi connectivity index (χ1n) is 7.71. The Morgan fingerprint density at radius 1 is 1.36 bits per heavy atom. The summed E-state index contributed by atoms with van der Waals surface area (Å²) in [6.45, 7) is 0.470. The average molecular weight is 458 g/mol. The molecule has 0 aliphatic rings. The van der Waals surface area contributed by atoms with Crippen LogP contribution in [-0.2, 0) is 17.5 Å². The molecule has 0 aliphatic heterocycles. The van der Waals surface area contributed by atoms with E-state index in [1.807, 2.05) is 0 Å². The fourth-order valence-electron chi connectivity index (χ4n) is 2.66. The molecule has 0 aliphatic carbocycles. The quantitative estimate of drug-likeness (QED) is 0.469. The zero-order valence-corrected chi connectivity index (χ0v) is 15.7. The highest BCUT2D eigenvalue weighted by Gasteiger charge is 2.44. The normalized spacial score (nSPS) is 11.6. The molecule has 0 saturated heterocycles. The third kappa shape index (κ3) is 3.67. The number of pyridine rings is 1. The van der Waals surface area contributed by atoms with Crippen molar-refractivity contribution >= 4 is 44.1 Å². The average Bonchev–Trinajstić information content (AvgIpc) is 2.94. The first-order chi connectivity index (χ1) is 13.1. The van der Waals surface area contributed by atoms with Crippen LogP contribution in [0.25, 0.3) is 10.9 Å². The van der Waals surface area contributed by atoms with E-state index in [2.05, 4.69) is 31.3 Å². The summed E-state index contributed by atoms with van der Waals surface area (Å²) in [7, 11) is 0. The van der Waals surface area contributed by atoms with E-state index in [0.29, 0.717) is 15.9 Å². The van der Waals surface area contributed by atoms with E-state index >= 15 is 0 Å². The number of benzene rings is 1. The number of aromatic nitrogens is 3. The Labute approximate surface area is 163 Å². The van der Waals surface area contributed by atoms with Gasteiger partial charge in [-0.3, -0.25) is 24.6 Å². The molecule has 0 unspecified atom stereocenters. The lowest BCUT2D eigenvalue weighted by atomic mass is 10.2. The molecule has 0 saturated carbocycles. The van der Waals surface area contributed by atoms with Crippen molar-refractivity contribution in [1.29, 1.82) is 0 Å². The number of rotatable bonds is 4. The van der Waals surface area contributed by atoms with Crippen LogP contribution in [0.15, 0.2) is 34.9 Å². The summed E-state index contributed by atoms with van der Waals surface area (Å²) in [6.07, 6.45) is -3.48. The lowest BCUT2D eigenvalue weighted by Gasteiger charge is -2.10. The number of amides is 1. The molecular formula is C16H11BrF3N5O3. The largest absolute Gasteiger partial charge is 0.442 e. The van der Waals surface area contributed by atoms with Crippen LogP contribution in [0.1, 0.15) is 11.4 Å². The molecule has 3 rings (SSSR count). The van der Waals surface area contributed by atoms with Crippen LogP contribution in [0.5, 0.6) is 0 Å². The second-order valence-electron chi connectivity index (χ2n) is 5.74. The van der Waals surface area contributed by atoms with Crippen molar-refractivity contribution in [2.24, 2.45) is 0 Å². The smallest absolute Gasteiger partial charge is 0.323 e. The van der Waals surface area contributed by atoms with Gasteiger partial charge in [-0.1, -0.05) is 22.0 Å². The van der Waals surface area contributed by atoms with Gasteiger partial charge >= 0.3 is 11.9 Å². The molecule has 2 heterocycles. The van der Waals surface area contributed by atoms with Crippen molar-refractivity contribution in [3.8, 4) is 0 Å². The molecule has 1 amide bonds. The summed E-state index contributed by atoms with van der Waals surface area (Å²) in [5.41, 5.74) is -2.36. The second-order valence-corrected chi connectivity index (χ2v) is 6.59. The van der Waals surface area contributed by atoms with E-state index in [4.69, 9.17) is 0 Å². The topological polar surface area (TPSA) is 103 Å². The van der Waals surface area contributed by atoms with E-state index in [1.165, 1.54) is 6.20 Å². The molecule has 0 bridgehead atoms. The summed E-state index contributed by atoms with van der Waals surface area (Å²) < 4.78 is 40.4. The predicted octanol–water partition coefficient (Wildman–Crippen LogP) is 4.07. The van der Waals surface area contributed by atoms with Crippen molar-refractivity contribution < 1.29 is 22.9 Å². The van der Waals surface area contributed by atoms with Gasteiger partial charge in [-0.25, -0.2) is 0 Å². The van der Waals surface area contributed by atoms with E-state index < -0.39 is 34.9 Å². The van der Waals surface area contributed by atoms with Gasteiger partial charge in [-0.15, -0.1) is 0 Å². The molecule has 0 spiro atoms. The van der Waals surface area contributed by atoms with Crippen molar-refractivity contribution in [3.05, 3.63) is 56.4 Å². The Kier molecular flexibility index (Phi) is 5.06. The molecule has 3 aromatic rings. The Morgan fingerprint density at radius 2 is 2.07 bits per heavy atom. The van der Waals surface area contributed by atoms with Gasteiger partial charge in [0, 0.05) is 16.1 Å². The van der Waals surface area contributed by atoms with Crippen LogP contribution >= 0.6 is 15.9 Å². The Bertz CT molecular complexity index is 1100. The summed E-state index contributed by atoms with van der Waals surface area (Å²) in [6, 6.07) is 6.75. The van der Waals surface area contributed by atoms with Gasteiger partial charge in [0.2, 0.25) is 11.6 Å². The van der Waals surface area contributed by atoms with Crippen LogP contribution in [0, 0.1) is 17.0 Å². The van der Waals surface area contributed by atoms with Crippen LogP contribution in [0.2, 0.25) is 0 Å². The number of halogens is 4. The van der Waals surface area contributed by atoms with E-state index in [0.717, 1.165) is 16.8 Å². The predicted molar refractivity (Wildman–Crippen MR) is 96.7 cm³/mol. The highest BCUT2D eigenvalue weighted by molar-refractivity contribution is 9.10. The summed E-state index contributed by atoms with van der Waals surface area (Å²) in [4.78, 5) is 26.4. The van der Waals surface area contributed by atoms with Crippen LogP contribution in [0.4, 0.5) is 24.5 Å². The van der Waals surface area contributed by atoms with E-state index in [9.17, 15) is 28.1 Å². The van der Waals surface area contributed by atoms with Crippen molar-refractivity contribution in [3.63, 3.8) is 0 Å². The van der Waals surface area contributed by atoms with Gasteiger partial charge in [0.15, 0.2) is 0 Å². The first kappa shape index (κ1) is 19.7. The molecular weight excluding hydrogens is 447 g/mol. The van der Waals surface area contributed by atoms with E-state index in [-0.39, 0.29) is 5.69 Å². The molecule has 12 heteroatoms. The van der Waals surface area contributed by atoms with Crippen molar-refractivity contribution in [2.75, 3.05) is 5.32 Å². The van der Waals surface area contributed by atoms with Crippen molar-refractivity contribution in [1.82, 2.24) is 14.8 Å². The summed E-state index contributed by atoms with van der Waals surface area (Å²) in [5, 5.41) is 17.5. The number of carbonyl (C=O) groups is 1. The number of hydrogen-bond acceptors (Lipinski definition) is 5. The number of hydrogen-bond donors (Lipinski definition) is 1. The molecule has 1 aromatic carbocycles. The third-order valence-corrected chi connectivity index (χ3v) is 4.60. The molecule has 146 valence electrons. The first-order valence-corrected chi connectivity index (χ1v) is 8.51. The standard InChI is InChI=1S/C16H11BrF3N5O3/c1-8-14(25(27)28)15(16(18,19)20)23-24(8)7-12(26)22-11-5-4-10(17)9-3-2-6-21-13(9)11/h2-6H,7H2,1H3,(H,22,26). The number of anilines is 1. The SMILES string of the molecule is Cc1c([N+](=O)[O-])c(C(F)(F)F)nn1CC(=O)Nc1ccc(Br)c2cccnc12. The number of nitrogens with one attached hydrogen (secondary N) is 1. The molecule has 2 aromatic heterocycles. The number of alkyl halides is 3. The monoisotopic (exact) mass is 457 g/mol. The number of nitrogens with zero attached hydrogens (tertiary/aromatic N) is 4. The zero-order chi connectivity index (χ0) is 20.6. The van der Waals surface area contributed by atoms with Gasteiger partial charge in [-0.2, -0.15) is 18.3 Å². The van der Waals surface area contributed by atoms with Gasteiger partial charge in [0.1, 0.15) is 12.2 Å². The van der Waals surface area contributed by atoms with Gasteiger partial charge in [0.25, 0.3) is 0 Å². The number of nitro groups is 1. The summed E-state index contributed by atoms with van der Waals surface area (Å²) >= 11 is 3.37. The minimum Gasteiger partial charge on any atom is -0.323 e. The Balaban J connectivity index is 1.91. The Hall–Kier alpha value is -3.02. The highest BCUT2D eigenvalue weighted by atomic mass is 79.9. The number of carbonyl (C=O) groups excluding carboxylic acids is 1. The van der Waals surface area contributed by atoms with Gasteiger partial charge in [0.05, 0.1) is 16.1 Å². The second kappa shape index (κ2) is 7.19. The zero-order valence-electron chi connectivity index (χ0n) is 14.1. The van der Waals surface area contributed by atoms with Gasteiger partial charge in [-0.05, 0) is 25.1 Å². The van der Waals surface area contributed by atoms with Gasteiger partial charge < -0.3 is 5.32 Å². The van der Waals surface area contributed by atoms with E-state index in [1.54, 1.807) is 24.3 Å². The fourth-order valence-corrected chi connectivity index (χ4v) is 3.12. The van der Waals surface area contributed by atoms with Crippen LogP contribution < -0.4 is 5.32 Å². The third-order valence-electron chi connectivity index (χ3n) is 3.91. The summed E-state index contributed by atoms with van der Waals surface area (Å²) in [5.74, 6) is -0.705. The minimum absolute atomic E-state index is 0.346. The Morgan fingerprint density at radius 3 is 2.68 bits per heavy atom. The molecule has 0 fully saturated rings. The maximum atomic E-state index is 13.0. The minimum atomic E-state index is -5.01. The van der Waals surface area contributed by atoms with Crippen molar-refractivity contribution in [2.45, 2.75) is 19.6 Å². The highest BCUT2D eigenvalue weighted by Crippen LogP contribution is 2.37.